The molecule has 0 amide bonds. The molecular weight excluding hydrogens is 202 g/mol. The molecule has 0 unspecified atom stereocenters. The fraction of sp³-hybridized carbons (Fsp3) is 0.333. The van der Waals surface area contributed by atoms with Crippen molar-refractivity contribution in [3.8, 4) is 0 Å². The van der Waals surface area contributed by atoms with Gasteiger partial charge in [-0.1, -0.05) is 34.1 Å². The molecular formula is C9H10BrN. The van der Waals surface area contributed by atoms with E-state index in [0.717, 1.165) is 18.4 Å². The molecule has 0 saturated heterocycles. The average Bonchev–Trinajstić information content (AvgIpc) is 2.50. The van der Waals surface area contributed by atoms with Gasteiger partial charge >= 0.3 is 0 Å². The number of halogens is 1. The molecule has 0 aliphatic carbocycles. The van der Waals surface area contributed by atoms with Gasteiger partial charge in [0.1, 0.15) is 0 Å². The molecule has 0 spiro atoms. The minimum atomic E-state index is 0.959. The molecule has 0 fully saturated rings. The van der Waals surface area contributed by atoms with Crippen LogP contribution in [0.2, 0.25) is 0 Å². The number of benzene rings is 1. The van der Waals surface area contributed by atoms with Crippen LogP contribution in [-0.4, -0.2) is 0 Å². The van der Waals surface area contributed by atoms with Crippen molar-refractivity contribution in [2.75, 3.05) is 0 Å². The molecule has 1 aliphatic heterocycles. The van der Waals surface area contributed by atoms with Crippen LogP contribution in [0.25, 0.3) is 0 Å². The molecule has 58 valence electrons. The molecule has 1 aromatic rings. The Bertz CT molecular complexity index is 270. The van der Waals surface area contributed by atoms with E-state index < -0.39 is 0 Å². The van der Waals surface area contributed by atoms with Crippen molar-refractivity contribution in [1.29, 1.82) is 0 Å². The quantitative estimate of drug-likeness (QED) is 0.703. The number of fused-ring (bicyclic) bond motifs is 1. The number of hydrogen-bond donors (Lipinski definition) is 1. The van der Waals surface area contributed by atoms with Crippen LogP contribution in [0, 0.1) is 0 Å². The first kappa shape index (κ1) is 7.32. The Morgan fingerprint density at radius 1 is 1.27 bits per heavy atom. The first-order valence-electron chi connectivity index (χ1n) is 3.77. The minimum Gasteiger partial charge on any atom is -0.309 e. The summed E-state index contributed by atoms with van der Waals surface area (Å²) in [5.74, 6) is 0. The Morgan fingerprint density at radius 2 is 2.09 bits per heavy atom. The third-order valence-electron chi connectivity index (χ3n) is 2.06. The van der Waals surface area contributed by atoms with Crippen LogP contribution in [0.3, 0.4) is 0 Å². The zero-order valence-electron chi connectivity index (χ0n) is 6.23. The maximum Gasteiger partial charge on any atom is 0.0283 e. The molecule has 2 heteroatoms. The molecule has 1 aromatic carbocycles. The Morgan fingerprint density at radius 3 is 2.91 bits per heavy atom. The summed E-state index contributed by atoms with van der Waals surface area (Å²) in [5, 5.41) is 4.28. The number of rotatable bonds is 1. The van der Waals surface area contributed by atoms with Crippen molar-refractivity contribution in [2.24, 2.45) is 0 Å². The van der Waals surface area contributed by atoms with Crippen LogP contribution < -0.4 is 5.32 Å². The predicted octanol–water partition coefficient (Wildman–Crippen LogP) is 2.18. The third kappa shape index (κ3) is 1.33. The summed E-state index contributed by atoms with van der Waals surface area (Å²) in [7, 11) is 0. The van der Waals surface area contributed by atoms with E-state index in [4.69, 9.17) is 0 Å². The van der Waals surface area contributed by atoms with Gasteiger partial charge in [-0.2, -0.15) is 0 Å². The van der Waals surface area contributed by atoms with E-state index in [1.54, 1.807) is 0 Å². The second-order valence-corrected chi connectivity index (χ2v) is 3.40. The zero-order valence-corrected chi connectivity index (χ0v) is 7.82. The van der Waals surface area contributed by atoms with Gasteiger partial charge in [-0.3, -0.25) is 0 Å². The molecule has 0 bridgehead atoms. The Kier molecular flexibility index (Phi) is 1.96. The summed E-state index contributed by atoms with van der Waals surface area (Å²) in [6, 6.07) is 6.66. The normalized spacial score (nSPS) is 15.0. The molecule has 0 aromatic heterocycles. The summed E-state index contributed by atoms with van der Waals surface area (Å²) in [6.45, 7) is 2.08. The van der Waals surface area contributed by atoms with E-state index in [0.29, 0.717) is 0 Å². The Balaban J connectivity index is 2.41. The molecule has 0 radical (unpaired) electrons. The van der Waals surface area contributed by atoms with Crippen molar-refractivity contribution in [1.82, 2.24) is 5.32 Å². The number of hydrogen-bond acceptors (Lipinski definition) is 1. The maximum absolute atomic E-state index is 3.45. The lowest BCUT2D eigenvalue weighted by Crippen LogP contribution is -1.99. The second kappa shape index (κ2) is 2.95. The highest BCUT2D eigenvalue weighted by Crippen LogP contribution is 2.18. The Hall–Kier alpha value is -0.340. The van der Waals surface area contributed by atoms with E-state index in [1.807, 2.05) is 0 Å². The van der Waals surface area contributed by atoms with Crippen LogP contribution in [0.1, 0.15) is 16.7 Å². The molecule has 1 aliphatic rings. The van der Waals surface area contributed by atoms with Gasteiger partial charge in [0.2, 0.25) is 0 Å². The Labute approximate surface area is 74.9 Å². The highest BCUT2D eigenvalue weighted by atomic mass is 79.9. The van der Waals surface area contributed by atoms with Crippen LogP contribution in [0.15, 0.2) is 18.2 Å². The van der Waals surface area contributed by atoms with E-state index in [1.165, 1.54) is 16.7 Å². The molecule has 2 rings (SSSR count). The SMILES string of the molecule is BrCc1ccc2c(c1)CNC2. The minimum absolute atomic E-state index is 0.959. The maximum atomic E-state index is 3.45. The van der Waals surface area contributed by atoms with Crippen molar-refractivity contribution in [2.45, 2.75) is 18.4 Å². The largest absolute Gasteiger partial charge is 0.309 e. The van der Waals surface area contributed by atoms with Gasteiger partial charge in [-0.05, 0) is 16.7 Å². The molecule has 1 N–H and O–H groups in total. The van der Waals surface area contributed by atoms with E-state index in [2.05, 4.69) is 39.4 Å². The monoisotopic (exact) mass is 211 g/mol. The zero-order chi connectivity index (χ0) is 7.68. The van der Waals surface area contributed by atoms with Gasteiger partial charge in [0.25, 0.3) is 0 Å². The third-order valence-corrected chi connectivity index (χ3v) is 2.70. The summed E-state index contributed by atoms with van der Waals surface area (Å²) in [4.78, 5) is 0. The van der Waals surface area contributed by atoms with Gasteiger partial charge in [-0.25, -0.2) is 0 Å². The lowest BCUT2D eigenvalue weighted by molar-refractivity contribution is 0.764. The van der Waals surface area contributed by atoms with E-state index in [-0.39, 0.29) is 0 Å². The van der Waals surface area contributed by atoms with Crippen LogP contribution in [-0.2, 0) is 18.4 Å². The van der Waals surface area contributed by atoms with Crippen molar-refractivity contribution >= 4 is 15.9 Å². The van der Waals surface area contributed by atoms with Gasteiger partial charge in [0.15, 0.2) is 0 Å². The van der Waals surface area contributed by atoms with E-state index in [9.17, 15) is 0 Å². The van der Waals surface area contributed by atoms with Crippen LogP contribution in [0.5, 0.6) is 0 Å². The second-order valence-electron chi connectivity index (χ2n) is 2.84. The molecule has 1 heterocycles. The fourth-order valence-corrected chi connectivity index (χ4v) is 1.78. The first-order valence-corrected chi connectivity index (χ1v) is 4.89. The number of nitrogens with one attached hydrogen (secondary N) is 1. The van der Waals surface area contributed by atoms with Gasteiger partial charge in [0.05, 0.1) is 0 Å². The standard InChI is InChI=1S/C9H10BrN/c10-4-7-1-2-8-5-11-6-9(8)3-7/h1-3,11H,4-6H2. The first-order chi connectivity index (χ1) is 5.40. The van der Waals surface area contributed by atoms with Crippen molar-refractivity contribution in [3.63, 3.8) is 0 Å². The van der Waals surface area contributed by atoms with Crippen molar-refractivity contribution in [3.05, 3.63) is 34.9 Å². The highest BCUT2D eigenvalue weighted by Gasteiger charge is 2.08. The number of alkyl halides is 1. The van der Waals surface area contributed by atoms with Gasteiger partial charge in [-0.15, -0.1) is 0 Å². The highest BCUT2D eigenvalue weighted by molar-refractivity contribution is 9.08. The van der Waals surface area contributed by atoms with Gasteiger partial charge in [0, 0.05) is 18.4 Å². The molecule has 1 nitrogen and oxygen atoms in total. The van der Waals surface area contributed by atoms with Crippen LogP contribution >= 0.6 is 15.9 Å². The van der Waals surface area contributed by atoms with Crippen molar-refractivity contribution < 1.29 is 0 Å². The lowest BCUT2D eigenvalue weighted by atomic mass is 10.1. The van der Waals surface area contributed by atoms with Crippen LogP contribution in [0.4, 0.5) is 0 Å². The summed E-state index contributed by atoms with van der Waals surface area (Å²) in [6.07, 6.45) is 0. The molecule has 11 heavy (non-hydrogen) atoms. The van der Waals surface area contributed by atoms with E-state index >= 15 is 0 Å². The topological polar surface area (TPSA) is 12.0 Å². The van der Waals surface area contributed by atoms with Gasteiger partial charge < -0.3 is 5.32 Å². The predicted molar refractivity (Wildman–Crippen MR) is 49.6 cm³/mol. The lowest BCUT2D eigenvalue weighted by Gasteiger charge is -1.99. The molecule has 0 atom stereocenters. The summed E-state index contributed by atoms with van der Waals surface area (Å²) < 4.78 is 0. The summed E-state index contributed by atoms with van der Waals surface area (Å²) >= 11 is 3.45. The molecule has 0 saturated carbocycles. The smallest absolute Gasteiger partial charge is 0.0283 e. The average molecular weight is 212 g/mol. The fourth-order valence-electron chi connectivity index (χ4n) is 1.43. The summed E-state index contributed by atoms with van der Waals surface area (Å²) in [5.41, 5.74) is 4.28.